The van der Waals surface area contributed by atoms with Crippen LogP contribution in [0.1, 0.15) is 31.4 Å². The third-order valence-electron chi connectivity index (χ3n) is 6.11. The minimum atomic E-state index is -0.00327. The van der Waals surface area contributed by atoms with Gasteiger partial charge in [-0.3, -0.25) is 14.6 Å². The molecule has 1 aromatic carbocycles. The molecule has 0 bridgehead atoms. The largest absolute Gasteiger partial charge is 0.325 e. The average Bonchev–Trinajstić information content (AvgIpc) is 2.83. The Labute approximate surface area is 190 Å². The van der Waals surface area contributed by atoms with E-state index in [-0.39, 0.29) is 17.7 Å². The van der Waals surface area contributed by atoms with Crippen molar-refractivity contribution < 1.29 is 9.59 Å². The predicted octanol–water partition coefficient (Wildman–Crippen LogP) is 3.96. The van der Waals surface area contributed by atoms with Gasteiger partial charge >= 0.3 is 0 Å². The number of aromatic nitrogens is 2. The maximum atomic E-state index is 12.9. The summed E-state index contributed by atoms with van der Waals surface area (Å²) in [6, 6.07) is 14.1. The molecule has 32 heavy (non-hydrogen) atoms. The number of nitrogens with zero attached hydrogens (tertiary/aromatic N) is 2. The summed E-state index contributed by atoms with van der Waals surface area (Å²) in [5.74, 6) is 1.21. The number of hydrogen-bond acceptors (Lipinski definition) is 6. The molecule has 164 valence electrons. The summed E-state index contributed by atoms with van der Waals surface area (Å²) >= 11 is 1.52. The van der Waals surface area contributed by atoms with Crippen molar-refractivity contribution in [1.29, 1.82) is 0 Å². The zero-order chi connectivity index (χ0) is 21.9. The summed E-state index contributed by atoms with van der Waals surface area (Å²) < 4.78 is 0. The third-order valence-corrected chi connectivity index (χ3v) is 7.16. The normalized spacial score (nSPS) is 20.4. The van der Waals surface area contributed by atoms with Crippen molar-refractivity contribution in [3.63, 3.8) is 0 Å². The van der Waals surface area contributed by atoms with Gasteiger partial charge in [-0.1, -0.05) is 18.2 Å². The molecule has 8 heteroatoms. The predicted molar refractivity (Wildman–Crippen MR) is 127 cm³/mol. The number of nitrogens with one attached hydrogen (secondary N) is 3. The fourth-order valence-corrected chi connectivity index (χ4v) is 5.11. The zero-order valence-electron chi connectivity index (χ0n) is 17.6. The molecule has 0 spiro atoms. The topological polar surface area (TPSA) is 96.0 Å². The summed E-state index contributed by atoms with van der Waals surface area (Å²) in [6.45, 7) is 0.651. The van der Waals surface area contributed by atoms with E-state index in [2.05, 4.69) is 25.9 Å². The lowest BCUT2D eigenvalue weighted by Crippen LogP contribution is -2.36. The number of hydrogen-bond donors (Lipinski definition) is 3. The molecule has 3 aromatic rings. The minimum absolute atomic E-state index is 0.00327. The molecule has 0 radical (unpaired) electrons. The first-order chi connectivity index (χ1) is 15.7. The van der Waals surface area contributed by atoms with E-state index in [0.29, 0.717) is 24.2 Å². The first kappa shape index (κ1) is 20.9. The van der Waals surface area contributed by atoms with Crippen molar-refractivity contribution in [2.45, 2.75) is 43.2 Å². The Morgan fingerprint density at radius 3 is 2.81 bits per heavy atom. The molecular weight excluding hydrogens is 422 g/mol. The molecule has 3 heterocycles. The summed E-state index contributed by atoms with van der Waals surface area (Å²) in [4.78, 5) is 34.4. The monoisotopic (exact) mass is 447 g/mol. The van der Waals surface area contributed by atoms with E-state index >= 15 is 0 Å². The van der Waals surface area contributed by atoms with Crippen molar-refractivity contribution in [2.75, 3.05) is 16.4 Å². The van der Waals surface area contributed by atoms with Gasteiger partial charge in [-0.2, -0.15) is 0 Å². The summed E-state index contributed by atoms with van der Waals surface area (Å²) in [7, 11) is 0. The van der Waals surface area contributed by atoms with E-state index < -0.39 is 0 Å². The molecule has 2 amide bonds. The molecule has 3 N–H and O–H groups in total. The van der Waals surface area contributed by atoms with Gasteiger partial charge in [0.05, 0.1) is 27.5 Å². The Bertz CT molecular complexity index is 1150. The number of carbonyl (C=O) groups is 2. The summed E-state index contributed by atoms with van der Waals surface area (Å²) in [5.41, 5.74) is 2.62. The summed E-state index contributed by atoms with van der Waals surface area (Å²) in [5, 5.41) is 10.5. The number of anilines is 2. The van der Waals surface area contributed by atoms with Crippen LogP contribution >= 0.6 is 11.8 Å². The fourth-order valence-electron chi connectivity index (χ4n) is 4.35. The van der Waals surface area contributed by atoms with Gasteiger partial charge in [0.25, 0.3) is 0 Å². The maximum absolute atomic E-state index is 12.9. The maximum Gasteiger partial charge on any atom is 0.235 e. The van der Waals surface area contributed by atoms with Gasteiger partial charge in [0.2, 0.25) is 11.8 Å². The standard InChI is InChI=1S/C24H25N5O2S/c30-22-14-32-21-10-9-17(27-23(21)29-22)13-26-16-7-5-15(6-8-16)24(31)28-20-11-12-25-19-4-2-1-3-18(19)20/h1-4,9-12,15-16,26H,5-8,13-14H2,(H,25,28,31)(H,27,29,30). The number of para-hydroxylation sites is 1. The van der Waals surface area contributed by atoms with E-state index in [1.807, 2.05) is 42.5 Å². The molecule has 2 aromatic heterocycles. The van der Waals surface area contributed by atoms with Crippen molar-refractivity contribution in [3.8, 4) is 0 Å². The molecule has 1 fully saturated rings. The molecule has 1 saturated carbocycles. The van der Waals surface area contributed by atoms with Crippen LogP contribution in [0.3, 0.4) is 0 Å². The Kier molecular flexibility index (Phi) is 6.05. The van der Waals surface area contributed by atoms with E-state index in [1.165, 1.54) is 11.8 Å². The van der Waals surface area contributed by atoms with Crippen LogP contribution in [0.15, 0.2) is 53.6 Å². The number of fused-ring (bicyclic) bond motifs is 2. The molecule has 2 aliphatic rings. The van der Waals surface area contributed by atoms with E-state index in [1.54, 1.807) is 6.20 Å². The van der Waals surface area contributed by atoms with Crippen molar-refractivity contribution in [3.05, 3.63) is 54.4 Å². The van der Waals surface area contributed by atoms with Crippen LogP contribution in [0.5, 0.6) is 0 Å². The van der Waals surface area contributed by atoms with Crippen molar-refractivity contribution >= 4 is 46.0 Å². The second kappa shape index (κ2) is 9.26. The molecule has 0 saturated heterocycles. The molecule has 7 nitrogen and oxygen atoms in total. The third kappa shape index (κ3) is 4.61. The van der Waals surface area contributed by atoms with Crippen LogP contribution in [0, 0.1) is 5.92 Å². The van der Waals surface area contributed by atoms with Gasteiger partial charge in [-0.25, -0.2) is 4.98 Å². The Morgan fingerprint density at radius 2 is 1.94 bits per heavy atom. The van der Waals surface area contributed by atoms with Gasteiger partial charge in [-0.05, 0) is 49.9 Å². The highest BCUT2D eigenvalue weighted by molar-refractivity contribution is 8.00. The Morgan fingerprint density at radius 1 is 1.09 bits per heavy atom. The lowest BCUT2D eigenvalue weighted by Gasteiger charge is -2.28. The average molecular weight is 448 g/mol. The minimum Gasteiger partial charge on any atom is -0.325 e. The molecule has 0 unspecified atom stereocenters. The van der Waals surface area contributed by atoms with Crippen molar-refractivity contribution in [2.24, 2.45) is 5.92 Å². The first-order valence-corrected chi connectivity index (χ1v) is 11.9. The Hall–Kier alpha value is -2.97. The summed E-state index contributed by atoms with van der Waals surface area (Å²) in [6.07, 6.45) is 5.35. The lowest BCUT2D eigenvalue weighted by molar-refractivity contribution is -0.121. The zero-order valence-corrected chi connectivity index (χ0v) is 18.5. The highest BCUT2D eigenvalue weighted by atomic mass is 32.2. The van der Waals surface area contributed by atoms with Gasteiger partial charge in [0.15, 0.2) is 0 Å². The SMILES string of the molecule is O=C1CSc2ccc(CNC3CCC(C(=O)Nc4ccnc5ccccc45)CC3)nc2N1. The van der Waals surface area contributed by atoms with Crippen LogP contribution in [0.25, 0.3) is 10.9 Å². The Balaban J connectivity index is 1.13. The van der Waals surface area contributed by atoms with Crippen LogP contribution < -0.4 is 16.0 Å². The second-order valence-corrected chi connectivity index (χ2v) is 9.30. The van der Waals surface area contributed by atoms with Crippen LogP contribution in [-0.2, 0) is 16.1 Å². The van der Waals surface area contributed by atoms with Crippen LogP contribution in [0.4, 0.5) is 11.5 Å². The van der Waals surface area contributed by atoms with Crippen LogP contribution in [0.2, 0.25) is 0 Å². The number of carbonyl (C=O) groups excluding carboxylic acids is 2. The molecule has 1 aliphatic heterocycles. The number of rotatable bonds is 5. The number of pyridine rings is 2. The smallest absolute Gasteiger partial charge is 0.235 e. The number of benzene rings is 1. The highest BCUT2D eigenvalue weighted by Gasteiger charge is 2.26. The fraction of sp³-hybridized carbons (Fsp3) is 0.333. The highest BCUT2D eigenvalue weighted by Crippen LogP contribution is 2.30. The van der Waals surface area contributed by atoms with Gasteiger partial charge in [0.1, 0.15) is 5.82 Å². The van der Waals surface area contributed by atoms with Crippen molar-refractivity contribution in [1.82, 2.24) is 15.3 Å². The second-order valence-electron chi connectivity index (χ2n) is 8.28. The molecule has 1 aliphatic carbocycles. The number of amides is 2. The van der Waals surface area contributed by atoms with Crippen LogP contribution in [-0.4, -0.2) is 33.6 Å². The number of thioether (sulfide) groups is 1. The van der Waals surface area contributed by atoms with E-state index in [0.717, 1.165) is 52.9 Å². The van der Waals surface area contributed by atoms with E-state index in [9.17, 15) is 9.59 Å². The lowest BCUT2D eigenvalue weighted by atomic mass is 9.85. The van der Waals surface area contributed by atoms with Gasteiger partial charge in [0, 0.05) is 30.1 Å². The quantitative estimate of drug-likeness (QED) is 0.548. The van der Waals surface area contributed by atoms with Gasteiger partial charge < -0.3 is 16.0 Å². The molecule has 5 rings (SSSR count). The van der Waals surface area contributed by atoms with E-state index in [4.69, 9.17) is 0 Å². The first-order valence-electron chi connectivity index (χ1n) is 11.0. The molecular formula is C24H25N5O2S. The van der Waals surface area contributed by atoms with Gasteiger partial charge in [-0.15, -0.1) is 11.8 Å². The molecule has 0 atom stereocenters.